The molecule has 0 bridgehead atoms. The van der Waals surface area contributed by atoms with Gasteiger partial charge in [0.1, 0.15) is 5.82 Å². The molecule has 1 aromatic heterocycles. The van der Waals surface area contributed by atoms with E-state index in [9.17, 15) is 13.2 Å². The first-order chi connectivity index (χ1) is 9.38. The SMILES string of the molecule is Cc1nc(C(F)(F)F)nc(N)c1CCC1CCNCC1.Cl.Cl. The summed E-state index contributed by atoms with van der Waals surface area (Å²) in [5, 5.41) is 3.29. The Hall–Kier alpha value is -0.790. The average molecular weight is 361 g/mol. The minimum Gasteiger partial charge on any atom is -0.383 e. The average Bonchev–Trinajstić information content (AvgIpc) is 2.37. The molecular weight excluding hydrogens is 340 g/mol. The van der Waals surface area contributed by atoms with Crippen molar-refractivity contribution in [3.05, 3.63) is 17.1 Å². The summed E-state index contributed by atoms with van der Waals surface area (Å²) in [4.78, 5) is 6.94. The number of alkyl halides is 3. The Bertz CT molecular complexity index is 454. The van der Waals surface area contributed by atoms with Gasteiger partial charge in [-0.1, -0.05) is 0 Å². The van der Waals surface area contributed by atoms with Gasteiger partial charge < -0.3 is 11.1 Å². The highest BCUT2D eigenvalue weighted by Crippen LogP contribution is 2.29. The Morgan fingerprint density at radius 2 is 1.77 bits per heavy atom. The van der Waals surface area contributed by atoms with Crippen LogP contribution in [0.1, 0.15) is 36.3 Å². The van der Waals surface area contributed by atoms with Crippen molar-refractivity contribution in [1.29, 1.82) is 0 Å². The summed E-state index contributed by atoms with van der Waals surface area (Å²) in [5.74, 6) is -0.603. The van der Waals surface area contributed by atoms with E-state index in [0.29, 0.717) is 23.6 Å². The molecule has 0 atom stereocenters. The summed E-state index contributed by atoms with van der Waals surface area (Å²) in [6.07, 6.45) is -0.796. The Balaban J connectivity index is 0.00000220. The lowest BCUT2D eigenvalue weighted by molar-refractivity contribution is -0.145. The van der Waals surface area contributed by atoms with Gasteiger partial charge in [-0.15, -0.1) is 24.8 Å². The Morgan fingerprint density at radius 3 is 2.27 bits per heavy atom. The van der Waals surface area contributed by atoms with E-state index in [1.165, 1.54) is 0 Å². The molecule has 3 N–H and O–H groups in total. The van der Waals surface area contributed by atoms with Crippen LogP contribution in [0.4, 0.5) is 19.0 Å². The number of nitrogens with two attached hydrogens (primary N) is 1. The molecule has 1 fully saturated rings. The number of nitrogens with one attached hydrogen (secondary N) is 1. The predicted molar refractivity (Wildman–Crippen MR) is 84.6 cm³/mol. The molecule has 128 valence electrons. The van der Waals surface area contributed by atoms with E-state index in [0.717, 1.165) is 32.4 Å². The van der Waals surface area contributed by atoms with Crippen molar-refractivity contribution in [2.45, 2.75) is 38.8 Å². The van der Waals surface area contributed by atoms with Gasteiger partial charge in [-0.25, -0.2) is 9.97 Å². The van der Waals surface area contributed by atoms with Gasteiger partial charge in [0.25, 0.3) is 0 Å². The second-order valence-corrected chi connectivity index (χ2v) is 5.23. The van der Waals surface area contributed by atoms with E-state index in [4.69, 9.17) is 5.73 Å². The van der Waals surface area contributed by atoms with E-state index < -0.39 is 12.0 Å². The fourth-order valence-corrected chi connectivity index (χ4v) is 2.57. The maximum Gasteiger partial charge on any atom is 0.451 e. The zero-order chi connectivity index (χ0) is 14.8. The first kappa shape index (κ1) is 21.2. The maximum absolute atomic E-state index is 12.6. The van der Waals surface area contributed by atoms with E-state index in [-0.39, 0.29) is 30.6 Å². The van der Waals surface area contributed by atoms with Gasteiger partial charge in [0.05, 0.1) is 0 Å². The fraction of sp³-hybridized carbons (Fsp3) is 0.692. The largest absolute Gasteiger partial charge is 0.451 e. The highest BCUT2D eigenvalue weighted by atomic mass is 35.5. The van der Waals surface area contributed by atoms with E-state index >= 15 is 0 Å². The van der Waals surface area contributed by atoms with Gasteiger partial charge in [-0.2, -0.15) is 13.2 Å². The number of nitrogen functional groups attached to an aromatic ring is 1. The molecule has 0 aliphatic carbocycles. The lowest BCUT2D eigenvalue weighted by Crippen LogP contribution is -2.28. The molecule has 22 heavy (non-hydrogen) atoms. The molecule has 0 amide bonds. The van der Waals surface area contributed by atoms with Crippen molar-refractivity contribution < 1.29 is 13.2 Å². The number of anilines is 1. The highest BCUT2D eigenvalue weighted by Gasteiger charge is 2.35. The Kier molecular flexibility index (Phi) is 8.43. The van der Waals surface area contributed by atoms with Crippen molar-refractivity contribution in [2.24, 2.45) is 5.92 Å². The third-order valence-corrected chi connectivity index (χ3v) is 3.76. The number of aryl methyl sites for hydroxylation is 1. The summed E-state index contributed by atoms with van der Waals surface area (Å²) in [7, 11) is 0. The van der Waals surface area contributed by atoms with Gasteiger partial charge in [0.15, 0.2) is 0 Å². The molecule has 9 heteroatoms. The van der Waals surface area contributed by atoms with Gasteiger partial charge in [0.2, 0.25) is 5.82 Å². The Morgan fingerprint density at radius 1 is 1.18 bits per heavy atom. The van der Waals surface area contributed by atoms with Crippen LogP contribution in [0.15, 0.2) is 0 Å². The third-order valence-electron chi connectivity index (χ3n) is 3.76. The van der Waals surface area contributed by atoms with E-state index in [1.807, 2.05) is 0 Å². The number of rotatable bonds is 3. The lowest BCUT2D eigenvalue weighted by atomic mass is 9.91. The number of nitrogens with zero attached hydrogens (tertiary/aromatic N) is 2. The second-order valence-electron chi connectivity index (χ2n) is 5.23. The van der Waals surface area contributed by atoms with Crippen LogP contribution in [0.5, 0.6) is 0 Å². The van der Waals surface area contributed by atoms with Crippen LogP contribution in [-0.2, 0) is 12.6 Å². The van der Waals surface area contributed by atoms with E-state index in [1.54, 1.807) is 6.92 Å². The second kappa shape index (κ2) is 8.74. The molecule has 1 aliphatic rings. The van der Waals surface area contributed by atoms with Crippen LogP contribution < -0.4 is 11.1 Å². The van der Waals surface area contributed by atoms with Crippen LogP contribution in [0.2, 0.25) is 0 Å². The zero-order valence-electron chi connectivity index (χ0n) is 12.2. The number of hydrogen-bond donors (Lipinski definition) is 2. The van der Waals surface area contributed by atoms with Gasteiger partial charge in [-0.3, -0.25) is 0 Å². The molecule has 0 spiro atoms. The minimum absolute atomic E-state index is 0. The molecule has 1 aromatic rings. The molecule has 0 aromatic carbocycles. The molecule has 0 saturated carbocycles. The smallest absolute Gasteiger partial charge is 0.383 e. The van der Waals surface area contributed by atoms with Gasteiger partial charge >= 0.3 is 6.18 Å². The maximum atomic E-state index is 12.6. The molecule has 1 aliphatic heterocycles. The number of piperidine rings is 1. The quantitative estimate of drug-likeness (QED) is 0.868. The summed E-state index contributed by atoms with van der Waals surface area (Å²) in [5.41, 5.74) is 6.65. The van der Waals surface area contributed by atoms with Crippen molar-refractivity contribution in [1.82, 2.24) is 15.3 Å². The van der Waals surface area contributed by atoms with Crippen LogP contribution in [-0.4, -0.2) is 23.1 Å². The number of halogens is 5. The van der Waals surface area contributed by atoms with Crippen molar-refractivity contribution in [2.75, 3.05) is 18.8 Å². The van der Waals surface area contributed by atoms with Gasteiger partial charge in [-0.05, 0) is 51.6 Å². The van der Waals surface area contributed by atoms with E-state index in [2.05, 4.69) is 15.3 Å². The predicted octanol–water partition coefficient (Wildman–Crippen LogP) is 3.16. The Labute approximate surface area is 140 Å². The van der Waals surface area contributed by atoms with Crippen LogP contribution >= 0.6 is 24.8 Å². The van der Waals surface area contributed by atoms with Crippen LogP contribution in [0, 0.1) is 12.8 Å². The van der Waals surface area contributed by atoms with Crippen molar-refractivity contribution in [3.8, 4) is 0 Å². The molecular formula is C13H21Cl2F3N4. The summed E-state index contributed by atoms with van der Waals surface area (Å²) < 4.78 is 37.7. The van der Waals surface area contributed by atoms with Crippen LogP contribution in [0.3, 0.4) is 0 Å². The first-order valence-electron chi connectivity index (χ1n) is 6.79. The third kappa shape index (κ3) is 5.44. The van der Waals surface area contributed by atoms with Crippen molar-refractivity contribution >= 4 is 30.6 Å². The van der Waals surface area contributed by atoms with Crippen LogP contribution in [0.25, 0.3) is 0 Å². The fourth-order valence-electron chi connectivity index (χ4n) is 2.57. The molecule has 2 rings (SSSR count). The minimum atomic E-state index is -4.55. The summed E-state index contributed by atoms with van der Waals surface area (Å²) in [6, 6.07) is 0. The topological polar surface area (TPSA) is 63.8 Å². The lowest BCUT2D eigenvalue weighted by Gasteiger charge is -2.23. The monoisotopic (exact) mass is 360 g/mol. The number of aromatic nitrogens is 2. The normalized spacial score (nSPS) is 15.8. The standard InChI is InChI=1S/C13H19F3N4.2ClH/c1-8-10(3-2-9-4-6-18-7-5-9)11(17)20-12(19-8)13(14,15)16;;/h9,18H,2-7H2,1H3,(H2,17,19,20);2*1H. The summed E-state index contributed by atoms with van der Waals surface area (Å²) >= 11 is 0. The zero-order valence-corrected chi connectivity index (χ0v) is 13.9. The highest BCUT2D eigenvalue weighted by molar-refractivity contribution is 5.85. The number of hydrogen-bond acceptors (Lipinski definition) is 4. The van der Waals surface area contributed by atoms with Gasteiger partial charge in [0, 0.05) is 11.3 Å². The molecule has 0 radical (unpaired) electrons. The van der Waals surface area contributed by atoms with Crippen molar-refractivity contribution in [3.63, 3.8) is 0 Å². The molecule has 0 unspecified atom stereocenters. The molecule has 1 saturated heterocycles. The first-order valence-corrected chi connectivity index (χ1v) is 6.79. The molecule has 4 nitrogen and oxygen atoms in total. The summed E-state index contributed by atoms with van der Waals surface area (Å²) in [6.45, 7) is 3.57. The molecule has 2 heterocycles.